The molecule has 0 amide bonds. The minimum absolute atomic E-state index is 0.620. The molecule has 3 aromatic rings. The first-order chi connectivity index (χ1) is 12.7. The molecule has 0 unspecified atom stereocenters. The van der Waals surface area contributed by atoms with Crippen LogP contribution in [0.1, 0.15) is 22.1 Å². The number of aliphatic imine (C=N–C) groups is 1. The van der Waals surface area contributed by atoms with Crippen molar-refractivity contribution in [3.8, 4) is 0 Å². The normalized spacial score (nSPS) is 11.5. The van der Waals surface area contributed by atoms with Gasteiger partial charge in [-0.25, -0.2) is 9.97 Å². The van der Waals surface area contributed by atoms with Crippen LogP contribution in [0.3, 0.4) is 0 Å². The van der Waals surface area contributed by atoms with Gasteiger partial charge in [-0.1, -0.05) is 30.3 Å². The van der Waals surface area contributed by atoms with Crippen molar-refractivity contribution in [1.29, 1.82) is 0 Å². The number of rotatable bonds is 7. The van der Waals surface area contributed by atoms with E-state index in [4.69, 9.17) is 0 Å². The van der Waals surface area contributed by atoms with Crippen LogP contribution in [0, 0.1) is 6.92 Å². The van der Waals surface area contributed by atoms with Crippen molar-refractivity contribution in [1.82, 2.24) is 25.2 Å². The van der Waals surface area contributed by atoms with Crippen LogP contribution >= 0.6 is 11.3 Å². The van der Waals surface area contributed by atoms with Crippen molar-refractivity contribution in [2.75, 3.05) is 13.6 Å². The Balaban J connectivity index is 1.49. The Morgan fingerprint density at radius 2 is 2.08 bits per heavy atom. The average molecular weight is 369 g/mol. The van der Waals surface area contributed by atoms with Crippen molar-refractivity contribution in [2.24, 2.45) is 4.99 Å². The van der Waals surface area contributed by atoms with Crippen LogP contribution in [-0.2, 0) is 19.5 Å². The van der Waals surface area contributed by atoms with E-state index in [0.717, 1.165) is 42.0 Å². The van der Waals surface area contributed by atoms with E-state index in [-0.39, 0.29) is 0 Å². The second-order valence-corrected chi connectivity index (χ2v) is 6.98. The van der Waals surface area contributed by atoms with Crippen LogP contribution in [0.4, 0.5) is 0 Å². The maximum Gasteiger partial charge on any atom is 0.191 e. The van der Waals surface area contributed by atoms with E-state index in [9.17, 15) is 0 Å². The van der Waals surface area contributed by atoms with Gasteiger partial charge in [0.05, 0.1) is 17.2 Å². The quantitative estimate of drug-likeness (QED) is 0.497. The SMILES string of the molecule is CN=C(NCCc1csc(C)n1)NCc1nccn1Cc1ccccc1. The van der Waals surface area contributed by atoms with Gasteiger partial charge in [0.25, 0.3) is 0 Å². The van der Waals surface area contributed by atoms with Crippen molar-refractivity contribution >= 4 is 17.3 Å². The Labute approximate surface area is 158 Å². The van der Waals surface area contributed by atoms with Gasteiger partial charge >= 0.3 is 0 Å². The lowest BCUT2D eigenvalue weighted by Gasteiger charge is -2.13. The van der Waals surface area contributed by atoms with Gasteiger partial charge in [-0.3, -0.25) is 4.99 Å². The molecule has 0 atom stereocenters. The zero-order valence-corrected chi connectivity index (χ0v) is 16.0. The molecule has 0 aliphatic rings. The van der Waals surface area contributed by atoms with E-state index in [2.05, 4.69) is 59.8 Å². The number of thiazole rings is 1. The first-order valence-electron chi connectivity index (χ1n) is 8.64. The zero-order valence-electron chi connectivity index (χ0n) is 15.1. The molecule has 6 nitrogen and oxygen atoms in total. The molecule has 136 valence electrons. The molecule has 7 heteroatoms. The predicted octanol–water partition coefficient (Wildman–Crippen LogP) is 2.60. The van der Waals surface area contributed by atoms with Gasteiger partial charge in [0.15, 0.2) is 5.96 Å². The highest BCUT2D eigenvalue weighted by Crippen LogP contribution is 2.08. The fourth-order valence-corrected chi connectivity index (χ4v) is 3.29. The molecule has 0 fully saturated rings. The Hall–Kier alpha value is -2.67. The molecule has 0 aliphatic heterocycles. The van der Waals surface area contributed by atoms with Crippen molar-refractivity contribution in [2.45, 2.75) is 26.4 Å². The Morgan fingerprint density at radius 3 is 2.81 bits per heavy atom. The third-order valence-electron chi connectivity index (χ3n) is 3.98. The van der Waals surface area contributed by atoms with Crippen molar-refractivity contribution in [3.63, 3.8) is 0 Å². The number of guanidine groups is 1. The van der Waals surface area contributed by atoms with Gasteiger partial charge in [0.1, 0.15) is 5.82 Å². The van der Waals surface area contributed by atoms with E-state index in [1.807, 2.05) is 25.4 Å². The van der Waals surface area contributed by atoms with Gasteiger partial charge in [0.2, 0.25) is 0 Å². The second kappa shape index (κ2) is 9.15. The number of aromatic nitrogens is 3. The molecule has 0 radical (unpaired) electrons. The number of aryl methyl sites for hydroxylation is 1. The molecule has 0 spiro atoms. The second-order valence-electron chi connectivity index (χ2n) is 5.92. The zero-order chi connectivity index (χ0) is 18.2. The Morgan fingerprint density at radius 1 is 1.23 bits per heavy atom. The minimum atomic E-state index is 0.620. The van der Waals surface area contributed by atoms with Gasteiger partial charge in [-0.05, 0) is 12.5 Å². The smallest absolute Gasteiger partial charge is 0.191 e. The molecule has 1 aromatic carbocycles. The number of hydrogen-bond donors (Lipinski definition) is 2. The lowest BCUT2D eigenvalue weighted by atomic mass is 10.2. The first kappa shape index (κ1) is 18.1. The maximum atomic E-state index is 4.48. The van der Waals surface area contributed by atoms with Gasteiger partial charge < -0.3 is 15.2 Å². The maximum absolute atomic E-state index is 4.48. The number of hydrogen-bond acceptors (Lipinski definition) is 4. The molecule has 2 heterocycles. The summed E-state index contributed by atoms with van der Waals surface area (Å²) in [5, 5.41) is 9.86. The molecule has 0 aliphatic carbocycles. The molecular formula is C19H24N6S. The minimum Gasteiger partial charge on any atom is -0.356 e. The highest BCUT2D eigenvalue weighted by Gasteiger charge is 2.05. The summed E-state index contributed by atoms with van der Waals surface area (Å²) in [7, 11) is 1.78. The number of benzene rings is 1. The Bertz CT molecular complexity index is 837. The molecular weight excluding hydrogens is 344 g/mol. The largest absolute Gasteiger partial charge is 0.356 e. The van der Waals surface area contributed by atoms with Gasteiger partial charge in [-0.2, -0.15) is 0 Å². The molecule has 0 bridgehead atoms. The standard InChI is InChI=1S/C19H24N6S/c1-15-24-17(14-26-15)8-9-22-19(20-2)23-12-18-21-10-11-25(18)13-16-6-4-3-5-7-16/h3-7,10-11,14H,8-9,12-13H2,1-2H3,(H2,20,22,23). The van der Waals surface area contributed by atoms with Gasteiger partial charge in [0, 0.05) is 44.3 Å². The number of nitrogens with zero attached hydrogens (tertiary/aromatic N) is 4. The molecule has 0 saturated heterocycles. The van der Waals surface area contributed by atoms with E-state index in [1.54, 1.807) is 18.4 Å². The van der Waals surface area contributed by atoms with E-state index in [0.29, 0.717) is 6.54 Å². The first-order valence-corrected chi connectivity index (χ1v) is 9.52. The summed E-state index contributed by atoms with van der Waals surface area (Å²) in [5.74, 6) is 1.75. The number of imidazole rings is 1. The lowest BCUT2D eigenvalue weighted by Crippen LogP contribution is -2.38. The molecule has 2 N–H and O–H groups in total. The van der Waals surface area contributed by atoms with Crippen LogP contribution in [0.25, 0.3) is 0 Å². The Kier molecular flexibility index (Phi) is 6.38. The molecule has 26 heavy (non-hydrogen) atoms. The predicted molar refractivity (Wildman–Crippen MR) is 107 cm³/mol. The van der Waals surface area contributed by atoms with Crippen LogP contribution in [-0.4, -0.2) is 34.1 Å². The summed E-state index contributed by atoms with van der Waals surface area (Å²) < 4.78 is 2.15. The summed E-state index contributed by atoms with van der Waals surface area (Å²) in [6.45, 7) is 4.25. The summed E-state index contributed by atoms with van der Waals surface area (Å²) in [6, 6.07) is 10.4. The third-order valence-corrected chi connectivity index (χ3v) is 4.80. The molecule has 3 rings (SSSR count). The highest BCUT2D eigenvalue weighted by molar-refractivity contribution is 7.09. The highest BCUT2D eigenvalue weighted by atomic mass is 32.1. The topological polar surface area (TPSA) is 67.1 Å². The van der Waals surface area contributed by atoms with Crippen LogP contribution in [0.5, 0.6) is 0 Å². The van der Waals surface area contributed by atoms with Crippen LogP contribution in [0.15, 0.2) is 53.1 Å². The third kappa shape index (κ3) is 5.16. The average Bonchev–Trinajstić information content (AvgIpc) is 3.27. The molecule has 0 saturated carbocycles. The summed E-state index contributed by atoms with van der Waals surface area (Å²) in [5.41, 5.74) is 2.38. The number of nitrogens with one attached hydrogen (secondary N) is 2. The summed E-state index contributed by atoms with van der Waals surface area (Å²) in [6.07, 6.45) is 4.72. The van der Waals surface area contributed by atoms with E-state index < -0.39 is 0 Å². The monoisotopic (exact) mass is 368 g/mol. The summed E-state index contributed by atoms with van der Waals surface area (Å²) in [4.78, 5) is 13.2. The lowest BCUT2D eigenvalue weighted by molar-refractivity contribution is 0.687. The molecule has 2 aromatic heterocycles. The fraction of sp³-hybridized carbons (Fsp3) is 0.316. The fourth-order valence-electron chi connectivity index (χ4n) is 2.65. The van der Waals surface area contributed by atoms with Gasteiger partial charge in [-0.15, -0.1) is 11.3 Å². The van der Waals surface area contributed by atoms with Crippen molar-refractivity contribution in [3.05, 3.63) is 70.2 Å². The van der Waals surface area contributed by atoms with Crippen LogP contribution in [0.2, 0.25) is 0 Å². The van der Waals surface area contributed by atoms with E-state index in [1.165, 1.54) is 5.56 Å². The van der Waals surface area contributed by atoms with Crippen molar-refractivity contribution < 1.29 is 0 Å². The van der Waals surface area contributed by atoms with Crippen LogP contribution < -0.4 is 10.6 Å². The summed E-state index contributed by atoms with van der Waals surface area (Å²) >= 11 is 1.68. The van der Waals surface area contributed by atoms with E-state index >= 15 is 0 Å².